The highest BCUT2D eigenvalue weighted by Gasteiger charge is 2.67. The SMILES string of the molecule is Cc1cc(C)c(-c2cccc(-c3c(C)cc(C)cc3C)c2N2P3OC(C)(C)P2N3c2c(-c3c(C)cc(C)cc3C)cccc2-c2c(C)cc(C)cc2C)c(C)c1. The average molecular weight is 775 g/mol. The van der Waals surface area contributed by atoms with E-state index in [0.29, 0.717) is 0 Å². The van der Waals surface area contributed by atoms with Crippen LogP contribution in [-0.4, -0.2) is 5.34 Å². The highest BCUT2D eigenvalue weighted by Crippen LogP contribution is 2.92. The van der Waals surface area contributed by atoms with Gasteiger partial charge in [0.1, 0.15) is 13.6 Å². The number of hydrogen-bond donors (Lipinski definition) is 0. The van der Waals surface area contributed by atoms with Crippen LogP contribution in [0.4, 0.5) is 11.4 Å². The van der Waals surface area contributed by atoms with Gasteiger partial charge in [-0.25, -0.2) is 0 Å². The van der Waals surface area contributed by atoms with Gasteiger partial charge in [0.05, 0.1) is 11.4 Å². The lowest BCUT2D eigenvalue weighted by molar-refractivity contribution is 0.245. The molecular formula is C51H56N2OP2. The summed E-state index contributed by atoms with van der Waals surface area (Å²) in [5.41, 5.74) is 28.8. The lowest BCUT2D eigenvalue weighted by atomic mass is 9.87. The van der Waals surface area contributed by atoms with Crippen LogP contribution in [0.3, 0.4) is 0 Å². The van der Waals surface area contributed by atoms with Gasteiger partial charge in [0.25, 0.3) is 8.45 Å². The molecule has 0 aromatic heterocycles. The monoisotopic (exact) mass is 774 g/mol. The van der Waals surface area contributed by atoms with Crippen LogP contribution >= 0.6 is 16.7 Å². The molecule has 0 aliphatic carbocycles. The van der Waals surface area contributed by atoms with Gasteiger partial charge < -0.3 is 4.52 Å². The van der Waals surface area contributed by atoms with Crippen LogP contribution in [0.25, 0.3) is 44.5 Å². The maximum absolute atomic E-state index is 7.38. The zero-order valence-corrected chi connectivity index (χ0v) is 37.6. The second kappa shape index (κ2) is 14.0. The van der Waals surface area contributed by atoms with Gasteiger partial charge in [-0.1, -0.05) is 107 Å². The fraction of sp³-hybridized carbons (Fsp3) is 0.294. The zero-order chi connectivity index (χ0) is 40.1. The van der Waals surface area contributed by atoms with E-state index in [1.54, 1.807) is 0 Å². The first-order chi connectivity index (χ1) is 26.5. The van der Waals surface area contributed by atoms with Gasteiger partial charge in [-0.3, -0.25) is 8.88 Å². The fourth-order valence-electron chi connectivity index (χ4n) is 10.1. The van der Waals surface area contributed by atoms with Gasteiger partial charge in [-0.2, -0.15) is 0 Å². The number of para-hydroxylation sites is 2. The number of fused-ring (bicyclic) bond motifs is 1. The number of nitrogens with zero attached hydrogens (tertiary/aromatic N) is 2. The minimum atomic E-state index is -1.22. The van der Waals surface area contributed by atoms with E-state index in [2.05, 4.69) is 191 Å². The molecule has 0 unspecified atom stereocenters. The molecule has 3 saturated heterocycles. The third kappa shape index (κ3) is 6.14. The van der Waals surface area contributed by atoms with Crippen LogP contribution in [0.2, 0.25) is 0 Å². The Kier molecular flexibility index (Phi) is 9.64. The first kappa shape index (κ1) is 38.6. The molecule has 3 heterocycles. The summed E-state index contributed by atoms with van der Waals surface area (Å²) in [4.78, 5) is 0. The minimum absolute atomic E-state index is 0.376. The molecule has 0 spiro atoms. The normalized spacial score (nSPS) is 17.1. The highest BCUT2D eigenvalue weighted by atomic mass is 31.3. The van der Waals surface area contributed by atoms with E-state index < -0.39 is 16.7 Å². The molecule has 0 amide bonds. The Hall–Kier alpha value is -4.26. The van der Waals surface area contributed by atoms with Gasteiger partial charge in [0.2, 0.25) is 0 Å². The lowest BCUT2D eigenvalue weighted by Crippen LogP contribution is -2.36. The molecular weight excluding hydrogens is 719 g/mol. The summed E-state index contributed by atoms with van der Waals surface area (Å²) in [6.07, 6.45) is 0. The highest BCUT2D eigenvalue weighted by molar-refractivity contribution is 7.96. The van der Waals surface area contributed by atoms with Crippen LogP contribution in [0.1, 0.15) is 80.6 Å². The third-order valence-electron chi connectivity index (χ3n) is 11.7. The molecule has 0 radical (unpaired) electrons. The first-order valence-corrected chi connectivity index (χ1v) is 22.4. The number of rotatable bonds is 6. The quantitative estimate of drug-likeness (QED) is 0.157. The molecule has 0 N–H and O–H groups in total. The van der Waals surface area contributed by atoms with E-state index in [-0.39, 0.29) is 5.34 Å². The standard InChI is InChI=1S/C51H56N2OP2/c1-29-21-33(5)45(34(6)22-29)41-17-15-18-42(46-35(7)23-30(2)24-36(46)8)49(41)52-55-51(13,14)54-56(52)53(55)50-43(47-37(9)25-31(3)26-38(47)10)19-16-20-44(50)48-39(11)27-32(4)28-40(48)12/h15-28H,1-14H3. The third-order valence-corrected chi connectivity index (χ3v) is 17.6. The second-order valence-corrected chi connectivity index (χ2v) is 21.7. The molecule has 0 atom stereocenters. The Bertz CT molecular complexity index is 2190. The van der Waals surface area contributed by atoms with Crippen LogP contribution in [0, 0.1) is 83.1 Å². The summed E-state index contributed by atoms with van der Waals surface area (Å²) in [7, 11) is -2.22. The van der Waals surface area contributed by atoms with E-state index in [9.17, 15) is 0 Å². The Morgan fingerprint density at radius 3 is 0.821 bits per heavy atom. The summed E-state index contributed by atoms with van der Waals surface area (Å²) in [5.74, 6) is 0. The van der Waals surface area contributed by atoms with E-state index in [1.165, 1.54) is 123 Å². The van der Waals surface area contributed by atoms with Crippen molar-refractivity contribution in [3.63, 3.8) is 0 Å². The number of benzene rings is 6. The Balaban J connectivity index is 1.43. The fourth-order valence-corrected chi connectivity index (χ4v) is 17.1. The van der Waals surface area contributed by atoms with Crippen molar-refractivity contribution in [1.82, 2.24) is 0 Å². The molecule has 3 aliphatic rings. The molecule has 286 valence electrons. The minimum Gasteiger partial charge on any atom is -0.308 e. The summed E-state index contributed by atoms with van der Waals surface area (Å²) < 4.78 is 12.9. The van der Waals surface area contributed by atoms with E-state index >= 15 is 0 Å². The number of anilines is 2. The molecule has 3 fully saturated rings. The summed E-state index contributed by atoms with van der Waals surface area (Å²) >= 11 is 0. The Morgan fingerprint density at radius 1 is 0.393 bits per heavy atom. The van der Waals surface area contributed by atoms with Crippen molar-refractivity contribution >= 4 is 28.0 Å². The average Bonchev–Trinajstić information content (AvgIpc) is 3.51. The van der Waals surface area contributed by atoms with E-state index in [0.717, 1.165) is 0 Å². The van der Waals surface area contributed by atoms with Gasteiger partial charge in [0.15, 0.2) is 0 Å². The molecule has 2 bridgehead atoms. The van der Waals surface area contributed by atoms with Crippen molar-refractivity contribution < 1.29 is 4.52 Å². The van der Waals surface area contributed by atoms with Crippen LogP contribution in [-0.2, 0) is 4.52 Å². The van der Waals surface area contributed by atoms with E-state index in [1.807, 2.05) is 0 Å². The van der Waals surface area contributed by atoms with E-state index in [4.69, 9.17) is 4.52 Å². The second-order valence-electron chi connectivity index (χ2n) is 17.2. The lowest BCUT2D eigenvalue weighted by Gasteiger charge is -2.52. The predicted molar refractivity (Wildman–Crippen MR) is 245 cm³/mol. The molecule has 6 aromatic carbocycles. The van der Waals surface area contributed by atoms with Crippen molar-refractivity contribution in [3.05, 3.63) is 152 Å². The number of aryl methyl sites for hydroxylation is 12. The first-order valence-electron chi connectivity index (χ1n) is 20.0. The van der Waals surface area contributed by atoms with Gasteiger partial charge in [-0.05, 0) is 164 Å². The van der Waals surface area contributed by atoms with Crippen molar-refractivity contribution in [2.45, 2.75) is 102 Å². The Labute approximate surface area is 338 Å². The molecule has 6 aromatic rings. The smallest absolute Gasteiger partial charge is 0.259 e. The van der Waals surface area contributed by atoms with Gasteiger partial charge in [0, 0.05) is 22.3 Å². The van der Waals surface area contributed by atoms with Crippen LogP contribution in [0.15, 0.2) is 84.9 Å². The van der Waals surface area contributed by atoms with Crippen LogP contribution < -0.4 is 8.88 Å². The largest absolute Gasteiger partial charge is 0.308 e. The van der Waals surface area contributed by atoms with Crippen LogP contribution in [0.5, 0.6) is 0 Å². The van der Waals surface area contributed by atoms with Crippen molar-refractivity contribution in [2.24, 2.45) is 0 Å². The summed E-state index contributed by atoms with van der Waals surface area (Å²) in [6.45, 7) is 31.7. The predicted octanol–water partition coefficient (Wildman–Crippen LogP) is 15.7. The van der Waals surface area contributed by atoms with Gasteiger partial charge in [-0.15, -0.1) is 0 Å². The molecule has 3 aliphatic heterocycles. The van der Waals surface area contributed by atoms with Gasteiger partial charge >= 0.3 is 0 Å². The maximum Gasteiger partial charge on any atom is 0.259 e. The summed E-state index contributed by atoms with van der Waals surface area (Å²) in [6, 6.07) is 32.7. The topological polar surface area (TPSA) is 15.7 Å². The van der Waals surface area contributed by atoms with Crippen molar-refractivity contribution in [2.75, 3.05) is 8.88 Å². The molecule has 56 heavy (non-hydrogen) atoms. The van der Waals surface area contributed by atoms with Crippen molar-refractivity contribution in [1.29, 1.82) is 0 Å². The summed E-state index contributed by atoms with van der Waals surface area (Å²) in [5, 5.41) is -0.376. The molecule has 9 rings (SSSR count). The molecule has 0 saturated carbocycles. The number of hydrogen-bond acceptors (Lipinski definition) is 3. The maximum atomic E-state index is 7.38. The Morgan fingerprint density at radius 2 is 0.625 bits per heavy atom. The molecule has 5 heteroatoms. The molecule has 3 nitrogen and oxygen atoms in total. The zero-order valence-electron chi connectivity index (χ0n) is 35.8. The van der Waals surface area contributed by atoms with Crippen molar-refractivity contribution in [3.8, 4) is 44.5 Å².